The van der Waals surface area contributed by atoms with E-state index in [9.17, 15) is 4.39 Å². The van der Waals surface area contributed by atoms with Gasteiger partial charge in [-0.2, -0.15) is 0 Å². The molecule has 1 heterocycles. The highest BCUT2D eigenvalue weighted by atomic mass is 127. The quantitative estimate of drug-likeness (QED) is 0.810. The standard InChI is InChI=1S/C11H14FN3.HI/c12-10-4-2-9(3-5-10)8-15-11-13-6-1-7-14-11;/h2-5H,1,6-8H2,(H2,13,14,15);1H. The molecule has 0 fully saturated rings. The molecule has 1 aliphatic heterocycles. The first-order valence-corrected chi connectivity index (χ1v) is 5.11. The summed E-state index contributed by atoms with van der Waals surface area (Å²) in [6.07, 6.45) is 1.09. The molecule has 0 aliphatic carbocycles. The van der Waals surface area contributed by atoms with E-state index in [0.29, 0.717) is 6.54 Å². The van der Waals surface area contributed by atoms with Crippen LogP contribution in [0, 0.1) is 5.82 Å². The second kappa shape index (κ2) is 6.67. The van der Waals surface area contributed by atoms with Crippen molar-refractivity contribution < 1.29 is 4.39 Å². The Hall–Kier alpha value is -0.850. The second-order valence-corrected chi connectivity index (χ2v) is 3.49. The van der Waals surface area contributed by atoms with Crippen molar-refractivity contribution in [1.29, 1.82) is 0 Å². The first kappa shape index (κ1) is 13.2. The Morgan fingerprint density at radius 2 is 2.06 bits per heavy atom. The first-order chi connectivity index (χ1) is 7.34. The summed E-state index contributed by atoms with van der Waals surface area (Å²) in [7, 11) is 0. The van der Waals surface area contributed by atoms with E-state index < -0.39 is 0 Å². The largest absolute Gasteiger partial charge is 0.356 e. The minimum Gasteiger partial charge on any atom is -0.356 e. The molecule has 0 saturated heterocycles. The predicted molar refractivity (Wildman–Crippen MR) is 73.6 cm³/mol. The van der Waals surface area contributed by atoms with Crippen molar-refractivity contribution in [3.8, 4) is 0 Å². The SMILES string of the molecule is Fc1ccc(CNC2=NCCCN2)cc1.I. The van der Waals surface area contributed by atoms with Gasteiger partial charge in [0, 0.05) is 19.6 Å². The van der Waals surface area contributed by atoms with Crippen LogP contribution in [0.25, 0.3) is 0 Å². The van der Waals surface area contributed by atoms with E-state index in [1.165, 1.54) is 12.1 Å². The van der Waals surface area contributed by atoms with Crippen LogP contribution in [0.5, 0.6) is 0 Å². The highest BCUT2D eigenvalue weighted by Crippen LogP contribution is 2.02. The smallest absolute Gasteiger partial charge is 0.191 e. The maximum atomic E-state index is 12.6. The Morgan fingerprint density at radius 3 is 2.69 bits per heavy atom. The lowest BCUT2D eigenvalue weighted by Crippen LogP contribution is -2.40. The van der Waals surface area contributed by atoms with Crippen LogP contribution in [0.2, 0.25) is 0 Å². The molecule has 1 aromatic carbocycles. The molecule has 0 unspecified atom stereocenters. The molecule has 3 nitrogen and oxygen atoms in total. The molecular formula is C11H15FIN3. The Bertz CT molecular complexity index is 351. The van der Waals surface area contributed by atoms with Gasteiger partial charge in [0.1, 0.15) is 5.82 Å². The van der Waals surface area contributed by atoms with Gasteiger partial charge in [-0.3, -0.25) is 4.99 Å². The summed E-state index contributed by atoms with van der Waals surface area (Å²) in [6, 6.07) is 6.47. The van der Waals surface area contributed by atoms with Gasteiger partial charge in [0.25, 0.3) is 0 Å². The van der Waals surface area contributed by atoms with Crippen molar-refractivity contribution in [3.63, 3.8) is 0 Å². The fraction of sp³-hybridized carbons (Fsp3) is 0.364. The molecule has 2 rings (SSSR count). The maximum Gasteiger partial charge on any atom is 0.191 e. The molecule has 1 aliphatic rings. The van der Waals surface area contributed by atoms with Crippen LogP contribution < -0.4 is 10.6 Å². The van der Waals surface area contributed by atoms with E-state index >= 15 is 0 Å². The topological polar surface area (TPSA) is 36.4 Å². The molecular weight excluding hydrogens is 320 g/mol. The van der Waals surface area contributed by atoms with Gasteiger partial charge < -0.3 is 10.6 Å². The lowest BCUT2D eigenvalue weighted by molar-refractivity contribution is 0.626. The number of aliphatic imine (C=N–C) groups is 1. The number of hydrogen-bond donors (Lipinski definition) is 2. The summed E-state index contributed by atoms with van der Waals surface area (Å²) in [6.45, 7) is 2.51. The molecule has 0 bridgehead atoms. The predicted octanol–water partition coefficient (Wildman–Crippen LogP) is 1.88. The van der Waals surface area contributed by atoms with Gasteiger partial charge in [0.2, 0.25) is 0 Å². The third-order valence-corrected chi connectivity index (χ3v) is 2.27. The van der Waals surface area contributed by atoms with Crippen molar-refractivity contribution in [1.82, 2.24) is 10.6 Å². The summed E-state index contributed by atoms with van der Waals surface area (Å²) in [5.41, 5.74) is 1.05. The lowest BCUT2D eigenvalue weighted by atomic mass is 10.2. The van der Waals surface area contributed by atoms with Gasteiger partial charge >= 0.3 is 0 Å². The minimum atomic E-state index is -0.202. The summed E-state index contributed by atoms with van der Waals surface area (Å²) in [5.74, 6) is 0.637. The van der Waals surface area contributed by atoms with E-state index in [4.69, 9.17) is 0 Å². The van der Waals surface area contributed by atoms with Gasteiger partial charge in [-0.1, -0.05) is 12.1 Å². The molecule has 0 spiro atoms. The molecule has 16 heavy (non-hydrogen) atoms. The zero-order chi connectivity index (χ0) is 10.5. The van der Waals surface area contributed by atoms with Gasteiger partial charge in [0.05, 0.1) is 0 Å². The summed E-state index contributed by atoms with van der Waals surface area (Å²) < 4.78 is 12.6. The fourth-order valence-electron chi connectivity index (χ4n) is 1.44. The number of hydrogen-bond acceptors (Lipinski definition) is 3. The number of guanidine groups is 1. The normalized spacial score (nSPS) is 14.4. The average Bonchev–Trinajstić information content (AvgIpc) is 2.30. The molecule has 0 aromatic heterocycles. The number of nitrogens with one attached hydrogen (secondary N) is 2. The molecule has 0 amide bonds. The molecule has 5 heteroatoms. The van der Waals surface area contributed by atoms with Crippen LogP contribution in [0.1, 0.15) is 12.0 Å². The Morgan fingerprint density at radius 1 is 1.31 bits per heavy atom. The number of halogens is 2. The van der Waals surface area contributed by atoms with Gasteiger partial charge in [-0.25, -0.2) is 4.39 Å². The number of nitrogens with zero attached hydrogens (tertiary/aromatic N) is 1. The third-order valence-electron chi connectivity index (χ3n) is 2.27. The van der Waals surface area contributed by atoms with E-state index in [1.54, 1.807) is 12.1 Å². The highest BCUT2D eigenvalue weighted by molar-refractivity contribution is 14.0. The lowest BCUT2D eigenvalue weighted by Gasteiger charge is -2.15. The van der Waals surface area contributed by atoms with Crippen LogP contribution in [-0.2, 0) is 6.54 Å². The molecule has 2 N–H and O–H groups in total. The van der Waals surface area contributed by atoms with Crippen LogP contribution >= 0.6 is 24.0 Å². The van der Waals surface area contributed by atoms with E-state index in [1.807, 2.05) is 0 Å². The Balaban J connectivity index is 0.00000128. The minimum absolute atomic E-state index is 0. The van der Waals surface area contributed by atoms with Gasteiger partial charge in [-0.15, -0.1) is 24.0 Å². The molecule has 0 saturated carbocycles. The summed E-state index contributed by atoms with van der Waals surface area (Å²) >= 11 is 0. The third kappa shape index (κ3) is 3.96. The maximum absolute atomic E-state index is 12.6. The Labute approximate surface area is 112 Å². The van der Waals surface area contributed by atoms with Gasteiger partial charge in [-0.05, 0) is 24.1 Å². The zero-order valence-corrected chi connectivity index (χ0v) is 11.2. The van der Waals surface area contributed by atoms with Crippen LogP contribution in [-0.4, -0.2) is 19.0 Å². The van der Waals surface area contributed by atoms with Crippen molar-refractivity contribution >= 4 is 29.9 Å². The van der Waals surface area contributed by atoms with Crippen LogP contribution in [0.4, 0.5) is 4.39 Å². The summed E-state index contributed by atoms with van der Waals surface area (Å²) in [4.78, 5) is 4.28. The molecule has 0 atom stereocenters. The van der Waals surface area contributed by atoms with Crippen LogP contribution in [0.3, 0.4) is 0 Å². The van der Waals surface area contributed by atoms with Crippen LogP contribution in [0.15, 0.2) is 29.3 Å². The fourth-order valence-corrected chi connectivity index (χ4v) is 1.44. The first-order valence-electron chi connectivity index (χ1n) is 5.11. The van der Waals surface area contributed by atoms with Gasteiger partial charge in [0.15, 0.2) is 5.96 Å². The number of rotatable bonds is 2. The summed E-state index contributed by atoms with van der Waals surface area (Å²) in [5, 5.41) is 6.34. The Kier molecular flexibility index (Phi) is 5.51. The van der Waals surface area contributed by atoms with E-state index in [0.717, 1.165) is 31.0 Å². The van der Waals surface area contributed by atoms with E-state index in [-0.39, 0.29) is 29.8 Å². The van der Waals surface area contributed by atoms with Crippen molar-refractivity contribution in [2.45, 2.75) is 13.0 Å². The van der Waals surface area contributed by atoms with E-state index in [2.05, 4.69) is 15.6 Å². The zero-order valence-electron chi connectivity index (χ0n) is 8.87. The molecule has 0 radical (unpaired) electrons. The number of benzene rings is 1. The average molecular weight is 335 g/mol. The van der Waals surface area contributed by atoms with Crippen molar-refractivity contribution in [2.75, 3.05) is 13.1 Å². The highest BCUT2D eigenvalue weighted by Gasteiger charge is 2.02. The van der Waals surface area contributed by atoms with Crippen molar-refractivity contribution in [3.05, 3.63) is 35.6 Å². The van der Waals surface area contributed by atoms with Crippen molar-refractivity contribution in [2.24, 2.45) is 4.99 Å². The molecule has 1 aromatic rings. The monoisotopic (exact) mass is 335 g/mol. The second-order valence-electron chi connectivity index (χ2n) is 3.49. The molecule has 88 valence electrons.